The number of piperidine rings is 1. The zero-order valence-corrected chi connectivity index (χ0v) is 19.0. The number of ether oxygens (including phenoxy) is 1. The van der Waals surface area contributed by atoms with Crippen LogP contribution in [0, 0.1) is 11.6 Å². The number of benzene rings is 2. The molecule has 3 aliphatic rings. The number of carbonyl (C=O) groups excluding carboxylic acids is 1. The van der Waals surface area contributed by atoms with Crippen molar-refractivity contribution in [2.45, 2.75) is 43.9 Å². The van der Waals surface area contributed by atoms with Gasteiger partial charge in [0.05, 0.1) is 23.9 Å². The maximum absolute atomic E-state index is 15.0. The highest BCUT2D eigenvalue weighted by molar-refractivity contribution is 5.84. The van der Waals surface area contributed by atoms with Crippen LogP contribution in [-0.2, 0) is 16.1 Å². The fraction of sp³-hybridized carbons (Fsp3) is 0.407. The number of hydrogen-bond acceptors (Lipinski definition) is 4. The van der Waals surface area contributed by atoms with Crippen LogP contribution < -0.4 is 0 Å². The van der Waals surface area contributed by atoms with Crippen LogP contribution in [0.2, 0.25) is 0 Å². The van der Waals surface area contributed by atoms with E-state index in [0.29, 0.717) is 30.2 Å². The van der Waals surface area contributed by atoms with Crippen molar-refractivity contribution in [2.75, 3.05) is 26.2 Å². The summed E-state index contributed by atoms with van der Waals surface area (Å²) in [6.45, 7) is 3.07. The first-order valence-corrected chi connectivity index (χ1v) is 12.0. The Hall–Kier alpha value is -2.90. The van der Waals surface area contributed by atoms with Gasteiger partial charge in [0, 0.05) is 36.6 Å². The number of likely N-dealkylation sites (tertiary alicyclic amines) is 1. The van der Waals surface area contributed by atoms with E-state index in [9.17, 15) is 9.18 Å². The molecule has 3 fully saturated rings. The number of rotatable bonds is 4. The molecule has 0 atom stereocenters. The molecule has 2 saturated heterocycles. The third-order valence-corrected chi connectivity index (χ3v) is 7.47. The van der Waals surface area contributed by atoms with Gasteiger partial charge in [0.15, 0.2) is 0 Å². The molecule has 0 unspecified atom stereocenters. The molecule has 0 radical (unpaired) electrons. The Balaban J connectivity index is 1.12. The average molecular weight is 464 g/mol. The maximum Gasteiger partial charge on any atom is 0.248 e. The van der Waals surface area contributed by atoms with Gasteiger partial charge >= 0.3 is 0 Å². The number of hydrogen-bond donors (Lipinski definition) is 0. The predicted octanol–water partition coefficient (Wildman–Crippen LogP) is 4.54. The molecule has 1 saturated carbocycles. The summed E-state index contributed by atoms with van der Waals surface area (Å²) in [5, 5.41) is 0.718. The third kappa shape index (κ3) is 4.18. The Morgan fingerprint density at radius 1 is 1.03 bits per heavy atom. The van der Waals surface area contributed by atoms with Crippen LogP contribution in [0.5, 0.6) is 0 Å². The van der Waals surface area contributed by atoms with Gasteiger partial charge in [-0.25, -0.2) is 8.78 Å². The van der Waals surface area contributed by atoms with Crippen molar-refractivity contribution in [3.05, 3.63) is 65.9 Å². The highest BCUT2D eigenvalue weighted by atomic mass is 19.1. The van der Waals surface area contributed by atoms with Crippen molar-refractivity contribution in [1.29, 1.82) is 0 Å². The topological polar surface area (TPSA) is 45.7 Å². The average Bonchev–Trinajstić information content (AvgIpc) is 3.69. The molecule has 3 aromatic rings. The Bertz CT molecular complexity index is 1250. The Labute approximate surface area is 197 Å². The van der Waals surface area contributed by atoms with E-state index >= 15 is 4.39 Å². The molecule has 0 N–H and O–H groups in total. The van der Waals surface area contributed by atoms with Crippen LogP contribution in [0.3, 0.4) is 0 Å². The van der Waals surface area contributed by atoms with E-state index in [4.69, 9.17) is 4.74 Å². The lowest BCUT2D eigenvalue weighted by Gasteiger charge is -2.47. The van der Waals surface area contributed by atoms with Crippen molar-refractivity contribution >= 4 is 16.8 Å². The van der Waals surface area contributed by atoms with E-state index in [1.165, 1.54) is 12.3 Å². The Morgan fingerprint density at radius 2 is 1.79 bits per heavy atom. The normalized spacial score (nSPS) is 20.9. The van der Waals surface area contributed by atoms with E-state index < -0.39 is 0 Å². The van der Waals surface area contributed by atoms with Gasteiger partial charge in [0.1, 0.15) is 18.2 Å². The number of morpholine rings is 1. The molecule has 2 aromatic carbocycles. The molecule has 1 aromatic heterocycles. The van der Waals surface area contributed by atoms with Crippen LogP contribution >= 0.6 is 0 Å². The molecule has 176 valence electrons. The van der Waals surface area contributed by atoms with Crippen molar-refractivity contribution in [3.63, 3.8) is 0 Å². The number of carbonyl (C=O) groups is 1. The fourth-order valence-corrected chi connectivity index (χ4v) is 5.25. The van der Waals surface area contributed by atoms with Crippen LogP contribution in [-0.4, -0.2) is 58.6 Å². The summed E-state index contributed by atoms with van der Waals surface area (Å²) in [6.07, 6.45) is 5.12. The van der Waals surface area contributed by atoms with Crippen molar-refractivity contribution < 1.29 is 18.3 Å². The van der Waals surface area contributed by atoms with Gasteiger partial charge in [-0.15, -0.1) is 0 Å². The first kappa shape index (κ1) is 21.6. The highest BCUT2D eigenvalue weighted by Gasteiger charge is 2.46. The number of fused-ring (bicyclic) bond motifs is 1. The number of aromatic nitrogens is 1. The molecule has 3 heterocycles. The molecule has 0 bridgehead atoms. The largest absolute Gasteiger partial charge is 0.363 e. The van der Waals surface area contributed by atoms with E-state index in [2.05, 4.69) is 9.88 Å². The fourth-order valence-electron chi connectivity index (χ4n) is 5.25. The molecule has 5 nitrogen and oxygen atoms in total. The SMILES string of the molecule is O=C1COC2(CCN(Cc3ccc(-c4ccc5cc(F)cnc5c4)cc3F)CC2)CN1C1CC1. The zero-order valence-electron chi connectivity index (χ0n) is 19.0. The van der Waals surface area contributed by atoms with E-state index in [0.717, 1.165) is 55.3 Å². The number of amides is 1. The molecule has 1 amide bonds. The van der Waals surface area contributed by atoms with Gasteiger partial charge in [-0.05, 0) is 55.0 Å². The molecule has 7 heteroatoms. The second-order valence-electron chi connectivity index (χ2n) is 9.87. The predicted molar refractivity (Wildman–Crippen MR) is 125 cm³/mol. The lowest BCUT2D eigenvalue weighted by molar-refractivity contribution is -0.172. The zero-order chi connectivity index (χ0) is 23.3. The smallest absolute Gasteiger partial charge is 0.248 e. The van der Waals surface area contributed by atoms with Gasteiger partial charge in [-0.2, -0.15) is 0 Å². The summed E-state index contributed by atoms with van der Waals surface area (Å²) in [5.41, 5.74) is 2.72. The molecule has 2 aliphatic heterocycles. The van der Waals surface area contributed by atoms with Crippen molar-refractivity contribution in [2.24, 2.45) is 0 Å². The van der Waals surface area contributed by atoms with Crippen LogP contribution in [0.15, 0.2) is 48.7 Å². The standard InChI is InChI=1S/C27H27F2N3O2/c28-22-11-20-3-1-19(13-25(20)30-14-22)18-2-4-21(24(29)12-18)15-31-9-7-27(8-10-31)17-32(23-5-6-23)26(33)16-34-27/h1-4,11-14,23H,5-10,15-17H2. The van der Waals surface area contributed by atoms with Gasteiger partial charge in [-0.1, -0.05) is 24.3 Å². The minimum absolute atomic E-state index is 0.118. The first-order valence-electron chi connectivity index (χ1n) is 12.0. The van der Waals surface area contributed by atoms with E-state index in [1.807, 2.05) is 29.2 Å². The molecule has 1 spiro atoms. The summed E-state index contributed by atoms with van der Waals surface area (Å²) >= 11 is 0. The van der Waals surface area contributed by atoms with Crippen LogP contribution in [0.4, 0.5) is 8.78 Å². The second-order valence-corrected chi connectivity index (χ2v) is 9.87. The molecule has 6 rings (SSSR count). The Kier molecular flexibility index (Phi) is 5.34. The van der Waals surface area contributed by atoms with Gasteiger partial charge < -0.3 is 9.64 Å². The summed E-state index contributed by atoms with van der Waals surface area (Å²) in [5.74, 6) is -0.487. The second kappa shape index (κ2) is 8.40. The summed E-state index contributed by atoms with van der Waals surface area (Å²) in [4.78, 5) is 20.6. The lowest BCUT2D eigenvalue weighted by Crippen LogP contribution is -2.59. The van der Waals surface area contributed by atoms with Crippen molar-refractivity contribution in [1.82, 2.24) is 14.8 Å². The maximum atomic E-state index is 15.0. The third-order valence-electron chi connectivity index (χ3n) is 7.47. The lowest BCUT2D eigenvalue weighted by atomic mass is 9.89. The van der Waals surface area contributed by atoms with E-state index in [-0.39, 0.29) is 29.7 Å². The minimum Gasteiger partial charge on any atom is -0.363 e. The highest BCUT2D eigenvalue weighted by Crippen LogP contribution is 2.36. The van der Waals surface area contributed by atoms with E-state index in [1.54, 1.807) is 12.1 Å². The van der Waals surface area contributed by atoms with Gasteiger partial charge in [-0.3, -0.25) is 14.7 Å². The molecular weight excluding hydrogens is 436 g/mol. The van der Waals surface area contributed by atoms with Crippen LogP contribution in [0.25, 0.3) is 22.0 Å². The number of halogens is 2. The first-order chi connectivity index (χ1) is 16.5. The number of nitrogens with zero attached hydrogens (tertiary/aromatic N) is 3. The quantitative estimate of drug-likeness (QED) is 0.570. The molecular formula is C27H27F2N3O2. The van der Waals surface area contributed by atoms with Gasteiger partial charge in [0.2, 0.25) is 5.91 Å². The minimum atomic E-state index is -0.372. The van der Waals surface area contributed by atoms with Crippen LogP contribution in [0.1, 0.15) is 31.2 Å². The summed E-state index contributed by atoms with van der Waals surface area (Å²) < 4.78 is 34.5. The van der Waals surface area contributed by atoms with Crippen molar-refractivity contribution in [3.8, 4) is 11.1 Å². The van der Waals surface area contributed by atoms with Gasteiger partial charge in [0.25, 0.3) is 0 Å². The monoisotopic (exact) mass is 463 g/mol. The molecule has 1 aliphatic carbocycles. The molecule has 34 heavy (non-hydrogen) atoms. The number of pyridine rings is 1. The Morgan fingerprint density at radius 3 is 2.56 bits per heavy atom. The summed E-state index contributed by atoms with van der Waals surface area (Å²) in [6, 6.07) is 12.7. The summed E-state index contributed by atoms with van der Waals surface area (Å²) in [7, 11) is 0.